The summed E-state index contributed by atoms with van der Waals surface area (Å²) in [6.45, 7) is 3.26. The molecular formula is CH3B3IN. The monoisotopic (exact) mass is 189 g/mol. The van der Waals surface area contributed by atoms with Crippen molar-refractivity contribution in [1.82, 2.24) is 3.02 Å². The molecule has 0 aliphatic carbocycles. The van der Waals surface area contributed by atoms with Crippen LogP contribution in [0.1, 0.15) is 0 Å². The van der Waals surface area contributed by atoms with E-state index in [4.69, 9.17) is 7.74 Å². The minimum atomic E-state index is 1.49. The van der Waals surface area contributed by atoms with E-state index in [9.17, 15) is 0 Å². The van der Waals surface area contributed by atoms with Crippen LogP contribution in [0.25, 0.3) is 0 Å². The van der Waals surface area contributed by atoms with Gasteiger partial charge in [-0.05, 0) is 0 Å². The topological polar surface area (TPSA) is 3.24 Å². The normalized spacial score (nSPS) is 7.00. The van der Waals surface area contributed by atoms with E-state index in [0.29, 0.717) is 0 Å². The van der Waals surface area contributed by atoms with Crippen LogP contribution in [-0.4, -0.2) is 31.4 Å². The zero-order valence-corrected chi connectivity index (χ0v) is 5.71. The van der Waals surface area contributed by atoms with Crippen LogP contribution in [0.5, 0.6) is 0 Å². The number of nitrogens with zero attached hydrogens (tertiary/aromatic N) is 1. The predicted octanol–water partition coefficient (Wildman–Crippen LogP) is -0.410. The molecule has 5 heteroatoms. The molecule has 0 aromatic rings. The molecule has 0 aliphatic heterocycles. The molecule has 0 spiro atoms. The molecule has 0 heterocycles. The Kier molecular flexibility index (Phi) is 4.37. The van der Waals surface area contributed by atoms with Gasteiger partial charge >= 0.3 is 54.3 Å². The van der Waals surface area contributed by atoms with Gasteiger partial charge in [0.25, 0.3) is 0 Å². The standard InChI is InChI=1S/CH3B3IN/c1-6(5)4-3-2/h1H3. The van der Waals surface area contributed by atoms with Crippen LogP contribution >= 0.6 is 22.9 Å². The fraction of sp³-hybridized carbons (Fsp3) is 1.00. The summed E-state index contributed by atoms with van der Waals surface area (Å²) in [4.78, 5) is 0. The second-order valence-corrected chi connectivity index (χ2v) is 2.39. The molecule has 2 radical (unpaired) electrons. The maximum atomic E-state index is 5.00. The molecule has 0 aromatic carbocycles. The van der Waals surface area contributed by atoms with Crippen molar-refractivity contribution in [2.75, 3.05) is 7.05 Å². The Balaban J connectivity index is 3.03. The Morgan fingerprint density at radius 3 is 2.33 bits per heavy atom. The summed E-state index contributed by atoms with van der Waals surface area (Å²) in [5.74, 6) is 0. The first-order chi connectivity index (χ1) is 2.77. The Labute approximate surface area is 54.5 Å². The van der Waals surface area contributed by atoms with Gasteiger partial charge in [-0.25, -0.2) is 0 Å². The van der Waals surface area contributed by atoms with Gasteiger partial charge in [0.2, 0.25) is 0 Å². The number of hydrogen-bond donors (Lipinski definition) is 0. The Hall–Kier alpha value is 0.725. The molecule has 0 atom stereocenters. The third kappa shape index (κ3) is 4.72. The molecule has 0 unspecified atom stereocenters. The van der Waals surface area contributed by atoms with E-state index in [1.54, 1.807) is 6.94 Å². The van der Waals surface area contributed by atoms with E-state index >= 15 is 0 Å². The molecule has 1 nitrogen and oxygen atoms in total. The molecule has 0 saturated carbocycles. The molecule has 0 N–H and O–H groups in total. The Bertz CT molecular complexity index is 52.8. The van der Waals surface area contributed by atoms with Crippen LogP contribution in [0.2, 0.25) is 0 Å². The molecule has 0 saturated heterocycles. The van der Waals surface area contributed by atoms with Gasteiger partial charge in [-0.3, -0.25) is 0 Å². The van der Waals surface area contributed by atoms with E-state index in [1.807, 2.05) is 10.1 Å². The third-order valence-corrected chi connectivity index (χ3v) is 0.613. The summed E-state index contributed by atoms with van der Waals surface area (Å²) in [7, 11) is 6.91. The maximum absolute atomic E-state index is 5.00. The van der Waals surface area contributed by atoms with Crippen LogP contribution in [-0.2, 0) is 0 Å². The van der Waals surface area contributed by atoms with Gasteiger partial charge in [0, 0.05) is 0 Å². The fourth-order valence-corrected chi connectivity index (χ4v) is 0.304. The van der Waals surface area contributed by atoms with E-state index in [0.717, 1.165) is 0 Å². The van der Waals surface area contributed by atoms with E-state index in [-0.39, 0.29) is 0 Å². The molecule has 0 rings (SSSR count). The first kappa shape index (κ1) is 6.72. The SMILES string of the molecule is [B]B=BN(C)I. The summed E-state index contributed by atoms with van der Waals surface area (Å²) in [5.41, 5.74) is 0. The van der Waals surface area contributed by atoms with Crippen molar-refractivity contribution in [2.24, 2.45) is 0 Å². The average Bonchev–Trinajstić information content (AvgIpc) is 1.35. The quantitative estimate of drug-likeness (QED) is 0.307. The summed E-state index contributed by atoms with van der Waals surface area (Å²) < 4.78 is 1.84. The van der Waals surface area contributed by atoms with Gasteiger partial charge in [0.15, 0.2) is 0 Å². The number of rotatable bonds is 1. The fourth-order valence-electron chi connectivity index (χ4n) is 0.119. The van der Waals surface area contributed by atoms with Crippen molar-refractivity contribution >= 4 is 44.2 Å². The summed E-state index contributed by atoms with van der Waals surface area (Å²) in [6, 6.07) is 0. The zero-order chi connectivity index (χ0) is 4.99. The molecule has 0 aromatic heterocycles. The minimum absolute atomic E-state index is 1.49. The van der Waals surface area contributed by atoms with Gasteiger partial charge in [-0.2, -0.15) is 0 Å². The summed E-state index contributed by atoms with van der Waals surface area (Å²) in [6.07, 6.45) is 0. The van der Waals surface area contributed by atoms with Gasteiger partial charge in [0.1, 0.15) is 0 Å². The number of hydrogen-bond acceptors (Lipinski definition) is 1. The zero-order valence-electron chi connectivity index (χ0n) is 3.56. The van der Waals surface area contributed by atoms with Gasteiger partial charge in [-0.15, -0.1) is 0 Å². The number of halogens is 1. The van der Waals surface area contributed by atoms with E-state index < -0.39 is 0 Å². The van der Waals surface area contributed by atoms with Crippen LogP contribution in [0.4, 0.5) is 0 Å². The Morgan fingerprint density at radius 1 is 1.83 bits per heavy atom. The van der Waals surface area contributed by atoms with Crippen LogP contribution in [0, 0.1) is 0 Å². The van der Waals surface area contributed by atoms with Crippen molar-refractivity contribution in [2.45, 2.75) is 0 Å². The van der Waals surface area contributed by atoms with Gasteiger partial charge < -0.3 is 0 Å². The van der Waals surface area contributed by atoms with Gasteiger partial charge in [-0.1, -0.05) is 0 Å². The van der Waals surface area contributed by atoms with Crippen molar-refractivity contribution in [3.63, 3.8) is 0 Å². The van der Waals surface area contributed by atoms with Crippen molar-refractivity contribution in [1.29, 1.82) is 0 Å². The van der Waals surface area contributed by atoms with E-state index in [1.165, 1.54) is 6.69 Å². The van der Waals surface area contributed by atoms with E-state index in [2.05, 4.69) is 22.9 Å². The summed E-state index contributed by atoms with van der Waals surface area (Å²) in [5, 5.41) is 0. The first-order valence-electron chi connectivity index (χ1n) is 1.54. The van der Waals surface area contributed by atoms with Crippen LogP contribution < -0.4 is 0 Å². The molecule has 0 aliphatic rings. The molecule has 0 fully saturated rings. The second kappa shape index (κ2) is 3.90. The third-order valence-electron chi connectivity index (χ3n) is 0.291. The summed E-state index contributed by atoms with van der Waals surface area (Å²) >= 11 is 2.11. The molecule has 6 heavy (non-hydrogen) atoms. The molecular weight excluding hydrogens is 185 g/mol. The Morgan fingerprint density at radius 2 is 2.33 bits per heavy atom. The van der Waals surface area contributed by atoms with Crippen LogP contribution in [0.15, 0.2) is 0 Å². The average molecular weight is 188 g/mol. The van der Waals surface area contributed by atoms with Crippen molar-refractivity contribution < 1.29 is 0 Å². The van der Waals surface area contributed by atoms with Gasteiger partial charge in [0.05, 0.1) is 0 Å². The molecule has 0 bridgehead atoms. The van der Waals surface area contributed by atoms with Crippen LogP contribution in [0.3, 0.4) is 0 Å². The predicted molar refractivity (Wildman–Crippen MR) is 39.0 cm³/mol. The molecule has 0 amide bonds. The first-order valence-corrected chi connectivity index (χ1v) is 2.51. The molecule has 28 valence electrons. The van der Waals surface area contributed by atoms with Crippen molar-refractivity contribution in [3.8, 4) is 0 Å². The van der Waals surface area contributed by atoms with Crippen molar-refractivity contribution in [3.05, 3.63) is 0 Å². The second-order valence-electron chi connectivity index (χ2n) is 0.866.